The van der Waals surface area contributed by atoms with Crippen molar-refractivity contribution in [2.75, 3.05) is 13.7 Å². The summed E-state index contributed by atoms with van der Waals surface area (Å²) in [4.78, 5) is 11.3. The van der Waals surface area contributed by atoms with Gasteiger partial charge in [0.25, 0.3) is 6.48 Å². The number of carbonyl (C=O) groups excluding carboxylic acids is 1. The molecule has 3 aliphatic rings. The Morgan fingerprint density at radius 2 is 2.31 bits per heavy atom. The first-order valence-electron chi connectivity index (χ1n) is 5.76. The third-order valence-electron chi connectivity index (χ3n) is 3.91. The van der Waals surface area contributed by atoms with Crippen molar-refractivity contribution >= 4 is 5.97 Å². The molecule has 1 saturated carbocycles. The van der Waals surface area contributed by atoms with Gasteiger partial charge in [0.15, 0.2) is 0 Å². The number of rotatable bonds is 1. The fourth-order valence-electron chi connectivity index (χ4n) is 3.07. The zero-order valence-electron chi connectivity index (χ0n) is 9.31. The van der Waals surface area contributed by atoms with Gasteiger partial charge in [0.1, 0.15) is 12.2 Å². The van der Waals surface area contributed by atoms with E-state index < -0.39 is 12.1 Å². The molecule has 5 heteroatoms. The van der Waals surface area contributed by atoms with E-state index in [9.17, 15) is 4.79 Å². The molecule has 1 spiro atoms. The SMILES string of the molecule is COC1OC2CCCC3CC(=O)OCC32O1. The molecule has 1 aliphatic carbocycles. The minimum absolute atomic E-state index is 0.00398. The van der Waals surface area contributed by atoms with Crippen molar-refractivity contribution in [3.8, 4) is 0 Å². The average molecular weight is 228 g/mol. The van der Waals surface area contributed by atoms with Crippen LogP contribution in [0.4, 0.5) is 0 Å². The number of carbonyl (C=O) groups is 1. The van der Waals surface area contributed by atoms with Crippen LogP contribution < -0.4 is 0 Å². The van der Waals surface area contributed by atoms with E-state index in [1.165, 1.54) is 0 Å². The van der Waals surface area contributed by atoms with Crippen molar-refractivity contribution in [1.82, 2.24) is 0 Å². The highest BCUT2D eigenvalue weighted by molar-refractivity contribution is 5.71. The van der Waals surface area contributed by atoms with Crippen LogP contribution in [0.15, 0.2) is 0 Å². The molecule has 2 aliphatic heterocycles. The van der Waals surface area contributed by atoms with Crippen LogP contribution in [0.5, 0.6) is 0 Å². The molecule has 2 saturated heterocycles. The molecule has 90 valence electrons. The highest BCUT2D eigenvalue weighted by Crippen LogP contribution is 2.48. The van der Waals surface area contributed by atoms with Crippen molar-refractivity contribution in [3.05, 3.63) is 0 Å². The highest BCUT2D eigenvalue weighted by Gasteiger charge is 2.59. The summed E-state index contributed by atoms with van der Waals surface area (Å²) in [5.74, 6) is 0.0911. The van der Waals surface area contributed by atoms with Gasteiger partial charge >= 0.3 is 5.97 Å². The predicted molar refractivity (Wildman–Crippen MR) is 52.4 cm³/mol. The molecule has 0 amide bonds. The van der Waals surface area contributed by atoms with Crippen LogP contribution in [0.1, 0.15) is 25.7 Å². The number of hydrogen-bond acceptors (Lipinski definition) is 5. The van der Waals surface area contributed by atoms with E-state index in [4.69, 9.17) is 18.9 Å². The summed E-state index contributed by atoms with van der Waals surface area (Å²) >= 11 is 0. The fraction of sp³-hybridized carbons (Fsp3) is 0.909. The number of hydrogen-bond donors (Lipinski definition) is 0. The van der Waals surface area contributed by atoms with Gasteiger partial charge in [-0.1, -0.05) is 6.42 Å². The third-order valence-corrected chi connectivity index (χ3v) is 3.91. The molecule has 0 aromatic heterocycles. The average Bonchev–Trinajstić information content (AvgIpc) is 2.66. The van der Waals surface area contributed by atoms with Gasteiger partial charge in [-0.15, -0.1) is 0 Å². The number of methoxy groups -OCH3 is 1. The lowest BCUT2D eigenvalue weighted by Gasteiger charge is -2.44. The topological polar surface area (TPSA) is 54.0 Å². The monoisotopic (exact) mass is 228 g/mol. The van der Waals surface area contributed by atoms with Gasteiger partial charge in [-0.2, -0.15) is 0 Å². The van der Waals surface area contributed by atoms with Gasteiger partial charge in [0.2, 0.25) is 0 Å². The molecule has 5 nitrogen and oxygen atoms in total. The van der Waals surface area contributed by atoms with Crippen LogP contribution >= 0.6 is 0 Å². The molecule has 0 aromatic rings. The lowest BCUT2D eigenvalue weighted by Crippen LogP contribution is -2.56. The smallest absolute Gasteiger partial charge is 0.306 e. The maximum Gasteiger partial charge on any atom is 0.306 e. The molecular formula is C11H16O5. The lowest BCUT2D eigenvalue weighted by molar-refractivity contribution is -0.254. The van der Waals surface area contributed by atoms with Crippen molar-refractivity contribution < 1.29 is 23.7 Å². The van der Waals surface area contributed by atoms with Crippen LogP contribution in [0, 0.1) is 5.92 Å². The van der Waals surface area contributed by atoms with Crippen molar-refractivity contribution in [2.24, 2.45) is 5.92 Å². The van der Waals surface area contributed by atoms with Gasteiger partial charge in [-0.3, -0.25) is 4.79 Å². The maximum absolute atomic E-state index is 11.3. The summed E-state index contributed by atoms with van der Waals surface area (Å²) in [6, 6.07) is 0. The molecule has 2 heterocycles. The summed E-state index contributed by atoms with van der Waals surface area (Å²) in [5.41, 5.74) is -0.452. The second-order valence-corrected chi connectivity index (χ2v) is 4.71. The van der Waals surface area contributed by atoms with Crippen LogP contribution in [0.25, 0.3) is 0 Å². The van der Waals surface area contributed by atoms with Crippen molar-refractivity contribution in [1.29, 1.82) is 0 Å². The van der Waals surface area contributed by atoms with E-state index >= 15 is 0 Å². The Kier molecular flexibility index (Phi) is 2.42. The molecule has 3 rings (SSSR count). The van der Waals surface area contributed by atoms with Gasteiger partial charge in [-0.05, 0) is 12.8 Å². The molecule has 0 aromatic carbocycles. The second-order valence-electron chi connectivity index (χ2n) is 4.71. The molecule has 0 bridgehead atoms. The van der Waals surface area contributed by atoms with E-state index in [1.807, 2.05) is 0 Å². The Balaban J connectivity index is 1.86. The Labute approximate surface area is 94.0 Å². The van der Waals surface area contributed by atoms with E-state index in [0.717, 1.165) is 19.3 Å². The summed E-state index contributed by atoms with van der Waals surface area (Å²) in [7, 11) is 1.56. The Bertz CT molecular complexity index is 305. The fourth-order valence-corrected chi connectivity index (χ4v) is 3.07. The Morgan fingerprint density at radius 3 is 3.12 bits per heavy atom. The summed E-state index contributed by atoms with van der Waals surface area (Å²) in [5, 5.41) is 0. The quantitative estimate of drug-likeness (QED) is 0.622. The molecule has 3 fully saturated rings. The minimum atomic E-state index is -0.609. The third kappa shape index (κ3) is 1.38. The molecule has 4 atom stereocenters. The first kappa shape index (κ1) is 10.5. The molecular weight excluding hydrogens is 212 g/mol. The van der Waals surface area contributed by atoms with E-state index in [1.54, 1.807) is 7.11 Å². The molecule has 0 N–H and O–H groups in total. The molecule has 4 unspecified atom stereocenters. The first-order chi connectivity index (χ1) is 7.74. The standard InChI is InChI=1S/C11H16O5/c1-13-10-15-8-4-2-3-7-5-9(12)14-6-11(7,8)16-10/h7-8,10H,2-6H2,1H3. The first-order valence-corrected chi connectivity index (χ1v) is 5.76. The Morgan fingerprint density at radius 1 is 1.44 bits per heavy atom. The zero-order valence-corrected chi connectivity index (χ0v) is 9.31. The van der Waals surface area contributed by atoms with E-state index in [0.29, 0.717) is 13.0 Å². The zero-order chi connectivity index (χ0) is 11.2. The number of esters is 1. The van der Waals surface area contributed by atoms with Crippen LogP contribution in [-0.4, -0.2) is 37.9 Å². The number of cyclic esters (lactones) is 1. The highest BCUT2D eigenvalue weighted by atomic mass is 16.9. The van der Waals surface area contributed by atoms with Crippen molar-refractivity contribution in [2.45, 2.75) is 43.9 Å². The van der Waals surface area contributed by atoms with Gasteiger partial charge in [-0.25, -0.2) is 0 Å². The number of ether oxygens (including phenoxy) is 4. The van der Waals surface area contributed by atoms with Crippen LogP contribution in [0.2, 0.25) is 0 Å². The van der Waals surface area contributed by atoms with Crippen LogP contribution in [0.3, 0.4) is 0 Å². The molecule has 0 radical (unpaired) electrons. The van der Waals surface area contributed by atoms with Gasteiger partial charge < -0.3 is 18.9 Å². The lowest BCUT2D eigenvalue weighted by atomic mass is 9.71. The van der Waals surface area contributed by atoms with Gasteiger partial charge in [0, 0.05) is 13.0 Å². The summed E-state index contributed by atoms with van der Waals surface area (Å²) in [6.45, 7) is -0.302. The minimum Gasteiger partial charge on any atom is -0.462 e. The van der Waals surface area contributed by atoms with E-state index in [2.05, 4.69) is 0 Å². The molecule has 16 heavy (non-hydrogen) atoms. The van der Waals surface area contributed by atoms with Crippen LogP contribution in [-0.2, 0) is 23.7 Å². The predicted octanol–water partition coefficient (Wildman–Crippen LogP) is 0.818. The second kappa shape index (κ2) is 3.68. The largest absolute Gasteiger partial charge is 0.462 e. The van der Waals surface area contributed by atoms with Crippen molar-refractivity contribution in [3.63, 3.8) is 0 Å². The van der Waals surface area contributed by atoms with E-state index in [-0.39, 0.29) is 18.0 Å². The van der Waals surface area contributed by atoms with Gasteiger partial charge in [0.05, 0.1) is 12.5 Å². The Hall–Kier alpha value is -0.650. The normalized spacial score (nSPS) is 47.1. The summed E-state index contributed by atoms with van der Waals surface area (Å²) in [6.07, 6.45) is 3.48. The maximum atomic E-state index is 11.3. The summed E-state index contributed by atoms with van der Waals surface area (Å²) < 4.78 is 21.7.